The number of nitrogens with one attached hydrogen (secondary N) is 2. The first kappa shape index (κ1) is 17.1. The second kappa shape index (κ2) is 7.30. The minimum atomic E-state index is -3.34. The van der Waals surface area contributed by atoms with Crippen LogP contribution in [0.3, 0.4) is 0 Å². The third-order valence-corrected chi connectivity index (χ3v) is 3.55. The minimum absolute atomic E-state index is 0.311. The lowest BCUT2D eigenvalue weighted by atomic mass is 10.2. The number of carbonyl (C=O) groups excluding carboxylic acids is 1. The van der Waals surface area contributed by atoms with Gasteiger partial charge in [-0.25, -0.2) is 8.42 Å². The van der Waals surface area contributed by atoms with Crippen molar-refractivity contribution < 1.29 is 13.2 Å². The van der Waals surface area contributed by atoms with E-state index in [1.165, 1.54) is 6.08 Å². The van der Waals surface area contributed by atoms with Crippen LogP contribution < -0.4 is 10.0 Å². The van der Waals surface area contributed by atoms with Crippen molar-refractivity contribution in [3.8, 4) is 0 Å². The Morgan fingerprint density at radius 2 is 1.78 bits per heavy atom. The fourth-order valence-corrected chi connectivity index (χ4v) is 2.59. The highest BCUT2D eigenvalue weighted by atomic mass is 35.5. The normalized spacial score (nSPS) is 11.4. The Hall–Kier alpha value is -2.31. The molecule has 2 aromatic rings. The zero-order chi connectivity index (χ0) is 16.9. The summed E-state index contributed by atoms with van der Waals surface area (Å²) >= 11 is 5.85. The van der Waals surface area contributed by atoms with E-state index in [1.54, 1.807) is 54.6 Å². The maximum atomic E-state index is 11.9. The number of sulfonamides is 1. The summed E-state index contributed by atoms with van der Waals surface area (Å²) in [5, 5.41) is 3.22. The first-order valence-electron chi connectivity index (χ1n) is 6.64. The molecule has 0 unspecified atom stereocenters. The third-order valence-electron chi connectivity index (χ3n) is 2.71. The molecule has 0 aliphatic rings. The van der Waals surface area contributed by atoms with Crippen LogP contribution in [0.1, 0.15) is 5.56 Å². The second-order valence-corrected chi connectivity index (χ2v) is 7.02. The summed E-state index contributed by atoms with van der Waals surface area (Å²) in [6.07, 6.45) is 4.03. The molecule has 0 spiro atoms. The van der Waals surface area contributed by atoms with Gasteiger partial charge in [-0.1, -0.05) is 29.8 Å². The highest BCUT2D eigenvalue weighted by Crippen LogP contribution is 2.16. The Kier molecular flexibility index (Phi) is 5.41. The topological polar surface area (TPSA) is 75.3 Å². The molecule has 0 saturated carbocycles. The Balaban J connectivity index is 2.05. The van der Waals surface area contributed by atoms with Crippen molar-refractivity contribution in [1.82, 2.24) is 0 Å². The predicted octanol–water partition coefficient (Wildman–Crippen LogP) is 3.36. The van der Waals surface area contributed by atoms with Crippen LogP contribution in [0.15, 0.2) is 54.6 Å². The lowest BCUT2D eigenvalue weighted by Crippen LogP contribution is -2.09. The molecule has 5 nitrogen and oxygen atoms in total. The molecular weight excluding hydrogens is 336 g/mol. The van der Waals surface area contributed by atoms with E-state index in [9.17, 15) is 13.2 Å². The maximum absolute atomic E-state index is 11.9. The number of carbonyl (C=O) groups is 1. The number of hydrogen-bond acceptors (Lipinski definition) is 3. The SMILES string of the molecule is CS(=O)(=O)Nc1cccc(/C=C/C(=O)Nc2cccc(Cl)c2)c1. The average Bonchev–Trinajstić information content (AvgIpc) is 2.44. The van der Waals surface area contributed by atoms with Crippen molar-refractivity contribution >= 4 is 45.0 Å². The molecule has 0 saturated heterocycles. The summed E-state index contributed by atoms with van der Waals surface area (Å²) in [4.78, 5) is 11.9. The van der Waals surface area contributed by atoms with Crippen LogP contribution in [0.2, 0.25) is 5.02 Å². The number of hydrogen-bond donors (Lipinski definition) is 2. The van der Waals surface area contributed by atoms with E-state index in [4.69, 9.17) is 11.6 Å². The lowest BCUT2D eigenvalue weighted by Gasteiger charge is -2.04. The molecule has 23 heavy (non-hydrogen) atoms. The molecule has 0 fully saturated rings. The van der Waals surface area contributed by atoms with Gasteiger partial charge >= 0.3 is 0 Å². The second-order valence-electron chi connectivity index (χ2n) is 4.83. The van der Waals surface area contributed by atoms with Crippen molar-refractivity contribution in [3.05, 3.63) is 65.2 Å². The molecule has 0 atom stereocenters. The van der Waals surface area contributed by atoms with Crippen molar-refractivity contribution in [2.45, 2.75) is 0 Å². The van der Waals surface area contributed by atoms with Gasteiger partial charge in [0.25, 0.3) is 0 Å². The van der Waals surface area contributed by atoms with E-state index in [2.05, 4.69) is 10.0 Å². The lowest BCUT2D eigenvalue weighted by molar-refractivity contribution is -0.111. The molecule has 0 aliphatic carbocycles. The van der Waals surface area contributed by atoms with Crippen molar-refractivity contribution in [2.24, 2.45) is 0 Å². The summed E-state index contributed by atoms with van der Waals surface area (Å²) in [5.41, 5.74) is 1.73. The quantitative estimate of drug-likeness (QED) is 0.812. The van der Waals surface area contributed by atoms with Gasteiger partial charge < -0.3 is 5.32 Å². The number of rotatable bonds is 5. The van der Waals surface area contributed by atoms with Crippen molar-refractivity contribution in [1.29, 1.82) is 0 Å². The minimum Gasteiger partial charge on any atom is -0.322 e. The molecule has 0 bridgehead atoms. The van der Waals surface area contributed by atoms with Gasteiger partial charge in [-0.3, -0.25) is 9.52 Å². The predicted molar refractivity (Wildman–Crippen MR) is 94.0 cm³/mol. The molecular formula is C16H15ClN2O3S. The van der Waals surface area contributed by atoms with E-state index in [0.717, 1.165) is 6.26 Å². The summed E-state index contributed by atoms with van der Waals surface area (Å²) < 4.78 is 24.8. The molecule has 2 N–H and O–H groups in total. The third kappa shape index (κ3) is 6.14. The van der Waals surface area contributed by atoms with Gasteiger partial charge in [0.05, 0.1) is 6.26 Å². The Bertz CT molecular complexity index is 848. The molecule has 0 aromatic heterocycles. The summed E-state index contributed by atoms with van der Waals surface area (Å²) in [5.74, 6) is -0.311. The van der Waals surface area contributed by atoms with Gasteiger partial charge in [0.2, 0.25) is 15.9 Å². The molecule has 120 valence electrons. The first-order chi connectivity index (χ1) is 10.8. The van der Waals surface area contributed by atoms with Gasteiger partial charge in [0.15, 0.2) is 0 Å². The Morgan fingerprint density at radius 3 is 2.48 bits per heavy atom. The van der Waals surface area contributed by atoms with Gasteiger partial charge in [-0.15, -0.1) is 0 Å². The average molecular weight is 351 g/mol. The Morgan fingerprint density at radius 1 is 1.09 bits per heavy atom. The summed E-state index contributed by atoms with van der Waals surface area (Å²) in [7, 11) is -3.34. The molecule has 7 heteroatoms. The van der Waals surface area contributed by atoms with Gasteiger partial charge in [0.1, 0.15) is 0 Å². The van der Waals surface area contributed by atoms with Crippen LogP contribution in [-0.2, 0) is 14.8 Å². The molecule has 0 aliphatic heterocycles. The van der Waals surface area contributed by atoms with E-state index < -0.39 is 10.0 Å². The van der Waals surface area contributed by atoms with E-state index in [1.807, 2.05) is 0 Å². The standard InChI is InChI=1S/C16H15ClN2O3S/c1-23(21,22)19-15-7-2-4-12(10-15)8-9-16(20)18-14-6-3-5-13(17)11-14/h2-11,19H,1H3,(H,18,20)/b9-8+. The van der Waals surface area contributed by atoms with Crippen LogP contribution >= 0.6 is 11.6 Å². The smallest absolute Gasteiger partial charge is 0.248 e. The fourth-order valence-electron chi connectivity index (χ4n) is 1.84. The first-order valence-corrected chi connectivity index (χ1v) is 8.91. The van der Waals surface area contributed by atoms with Gasteiger partial charge in [-0.05, 0) is 42.0 Å². The van der Waals surface area contributed by atoms with Crippen LogP contribution in [0.25, 0.3) is 6.08 Å². The van der Waals surface area contributed by atoms with E-state index in [0.29, 0.717) is 22.0 Å². The Labute approximate surface area is 140 Å². The number of benzene rings is 2. The number of halogens is 1. The zero-order valence-electron chi connectivity index (χ0n) is 12.3. The molecule has 1 amide bonds. The van der Waals surface area contributed by atoms with E-state index in [-0.39, 0.29) is 5.91 Å². The molecule has 0 heterocycles. The van der Waals surface area contributed by atoms with Crippen molar-refractivity contribution in [2.75, 3.05) is 16.3 Å². The highest BCUT2D eigenvalue weighted by molar-refractivity contribution is 7.92. The summed E-state index contributed by atoms with van der Waals surface area (Å²) in [6.45, 7) is 0. The largest absolute Gasteiger partial charge is 0.322 e. The molecule has 2 aromatic carbocycles. The molecule has 0 radical (unpaired) electrons. The number of amides is 1. The number of anilines is 2. The molecule has 2 rings (SSSR count). The monoisotopic (exact) mass is 350 g/mol. The van der Waals surface area contributed by atoms with Crippen LogP contribution in [-0.4, -0.2) is 20.6 Å². The summed E-state index contributed by atoms with van der Waals surface area (Å²) in [6, 6.07) is 13.5. The van der Waals surface area contributed by atoms with Crippen LogP contribution in [0, 0.1) is 0 Å². The van der Waals surface area contributed by atoms with Crippen LogP contribution in [0.4, 0.5) is 11.4 Å². The van der Waals surface area contributed by atoms with Gasteiger partial charge in [-0.2, -0.15) is 0 Å². The van der Waals surface area contributed by atoms with Gasteiger partial charge in [0, 0.05) is 22.5 Å². The zero-order valence-corrected chi connectivity index (χ0v) is 13.9. The van der Waals surface area contributed by atoms with E-state index >= 15 is 0 Å². The van der Waals surface area contributed by atoms with Crippen LogP contribution in [0.5, 0.6) is 0 Å². The fraction of sp³-hybridized carbons (Fsp3) is 0.0625. The maximum Gasteiger partial charge on any atom is 0.248 e. The van der Waals surface area contributed by atoms with Crippen molar-refractivity contribution in [3.63, 3.8) is 0 Å². The highest BCUT2D eigenvalue weighted by Gasteiger charge is 2.02.